The lowest BCUT2D eigenvalue weighted by Gasteiger charge is -2.26. The molecule has 0 fully saturated rings. The summed E-state index contributed by atoms with van der Waals surface area (Å²) in [6.45, 7) is 0.591. The number of fused-ring (bicyclic) bond motifs is 2. The smallest absolute Gasteiger partial charge is 0.277 e. The lowest BCUT2D eigenvalue weighted by atomic mass is 9.99. The molecule has 2 aromatic heterocycles. The highest BCUT2D eigenvalue weighted by Gasteiger charge is 2.30. The Morgan fingerprint density at radius 1 is 1.13 bits per heavy atom. The van der Waals surface area contributed by atoms with E-state index in [0.29, 0.717) is 35.3 Å². The predicted octanol–water partition coefficient (Wildman–Crippen LogP) is 3.84. The number of hydrogen-bond acceptors (Lipinski definition) is 4. The van der Waals surface area contributed by atoms with Gasteiger partial charge in [0.1, 0.15) is 0 Å². The Kier molecular flexibility index (Phi) is 4.12. The molecule has 5 rings (SSSR count). The highest BCUT2D eigenvalue weighted by Crippen LogP contribution is 2.32. The minimum atomic E-state index is -1.51. The molecule has 0 saturated carbocycles. The number of carbonyl (C=O) groups is 1. The molecule has 0 saturated heterocycles. The molecule has 1 aliphatic heterocycles. The van der Waals surface area contributed by atoms with Crippen molar-refractivity contribution in [2.24, 2.45) is 7.05 Å². The van der Waals surface area contributed by atoms with E-state index < -0.39 is 17.5 Å². The van der Waals surface area contributed by atoms with Crippen LogP contribution in [0.25, 0.3) is 22.2 Å². The van der Waals surface area contributed by atoms with Crippen LogP contribution < -0.4 is 0 Å². The summed E-state index contributed by atoms with van der Waals surface area (Å²) in [5.41, 5.74) is 2.85. The fraction of sp³-hybridized carbons (Fsp3) is 0.190. The molecule has 0 aliphatic carbocycles. The van der Waals surface area contributed by atoms with E-state index in [0.717, 1.165) is 17.7 Å². The van der Waals surface area contributed by atoms with Crippen molar-refractivity contribution < 1.29 is 22.5 Å². The molecule has 3 heterocycles. The number of carbonyl (C=O) groups excluding carboxylic acids is 1. The maximum atomic E-state index is 13.7. The van der Waals surface area contributed by atoms with Crippen molar-refractivity contribution in [1.82, 2.24) is 19.8 Å². The number of para-hydroxylation sites is 1. The number of aryl methyl sites for hydroxylation is 1. The number of halogens is 3. The van der Waals surface area contributed by atoms with E-state index in [1.807, 2.05) is 0 Å². The third-order valence-corrected chi connectivity index (χ3v) is 5.33. The summed E-state index contributed by atoms with van der Waals surface area (Å²) in [6, 6.07) is 9.01. The van der Waals surface area contributed by atoms with Crippen molar-refractivity contribution >= 4 is 16.9 Å². The van der Waals surface area contributed by atoms with E-state index in [1.54, 1.807) is 36.2 Å². The summed E-state index contributed by atoms with van der Waals surface area (Å²) in [6.07, 6.45) is 0.431. The summed E-state index contributed by atoms with van der Waals surface area (Å²) in [5.74, 6) is -4.31. The lowest BCUT2D eigenvalue weighted by Crippen LogP contribution is -2.36. The van der Waals surface area contributed by atoms with Crippen LogP contribution in [0, 0.1) is 17.5 Å². The van der Waals surface area contributed by atoms with E-state index in [2.05, 4.69) is 10.3 Å². The maximum absolute atomic E-state index is 13.7. The monoisotopic (exact) mass is 412 g/mol. The van der Waals surface area contributed by atoms with E-state index in [4.69, 9.17) is 4.52 Å². The zero-order valence-electron chi connectivity index (χ0n) is 15.8. The van der Waals surface area contributed by atoms with Gasteiger partial charge >= 0.3 is 0 Å². The quantitative estimate of drug-likeness (QED) is 0.469. The number of hydrogen-bond donors (Lipinski definition) is 0. The average molecular weight is 412 g/mol. The normalized spacial score (nSPS) is 13.7. The van der Waals surface area contributed by atoms with E-state index in [-0.39, 0.29) is 23.7 Å². The van der Waals surface area contributed by atoms with Crippen molar-refractivity contribution in [1.29, 1.82) is 0 Å². The summed E-state index contributed by atoms with van der Waals surface area (Å²) in [7, 11) is 1.64. The summed E-state index contributed by atoms with van der Waals surface area (Å²) >= 11 is 0. The van der Waals surface area contributed by atoms with Crippen molar-refractivity contribution in [3.05, 3.63) is 70.8 Å². The zero-order chi connectivity index (χ0) is 21.0. The Morgan fingerprint density at radius 3 is 2.63 bits per heavy atom. The fourth-order valence-corrected chi connectivity index (χ4v) is 3.94. The van der Waals surface area contributed by atoms with E-state index in [1.165, 1.54) is 4.68 Å². The van der Waals surface area contributed by atoms with Gasteiger partial charge in [-0.2, -0.15) is 5.10 Å². The van der Waals surface area contributed by atoms with Gasteiger partial charge in [0.15, 0.2) is 28.7 Å². The first-order valence-corrected chi connectivity index (χ1v) is 9.27. The Morgan fingerprint density at radius 2 is 1.87 bits per heavy atom. The molecule has 152 valence electrons. The largest absolute Gasteiger partial charge is 0.355 e. The van der Waals surface area contributed by atoms with Gasteiger partial charge in [-0.1, -0.05) is 17.3 Å². The van der Waals surface area contributed by atoms with Crippen LogP contribution in [0.4, 0.5) is 13.2 Å². The first-order valence-electron chi connectivity index (χ1n) is 9.27. The number of benzene rings is 2. The molecular formula is C21H15F3N4O2. The molecule has 1 amide bonds. The Hall–Kier alpha value is -3.62. The number of amides is 1. The van der Waals surface area contributed by atoms with Gasteiger partial charge in [-0.25, -0.2) is 13.2 Å². The molecule has 30 heavy (non-hydrogen) atoms. The average Bonchev–Trinajstić information content (AvgIpc) is 3.30. The lowest BCUT2D eigenvalue weighted by molar-refractivity contribution is 0.0724. The zero-order valence-corrected chi connectivity index (χ0v) is 15.8. The molecule has 2 aromatic carbocycles. The predicted molar refractivity (Wildman–Crippen MR) is 101 cm³/mol. The minimum absolute atomic E-state index is 0.199. The second-order valence-corrected chi connectivity index (χ2v) is 7.16. The van der Waals surface area contributed by atoms with Crippen LogP contribution in [0.5, 0.6) is 0 Å². The molecule has 9 heteroatoms. The topological polar surface area (TPSA) is 64.2 Å². The molecule has 1 aliphatic rings. The SMILES string of the molecule is Cn1nc2c(c1-c1cc(F)c(F)c(F)c1)CCN(C(=O)c1noc3ccccc13)C2. The molecule has 0 atom stereocenters. The number of rotatable bonds is 2. The summed E-state index contributed by atoms with van der Waals surface area (Å²) < 4.78 is 47.5. The van der Waals surface area contributed by atoms with Gasteiger partial charge in [-0.05, 0) is 30.7 Å². The highest BCUT2D eigenvalue weighted by atomic mass is 19.2. The molecule has 4 aromatic rings. The van der Waals surface area contributed by atoms with Crippen molar-refractivity contribution in [2.45, 2.75) is 13.0 Å². The molecule has 0 unspecified atom stereocenters. The second-order valence-electron chi connectivity index (χ2n) is 7.16. The molecular weight excluding hydrogens is 397 g/mol. The highest BCUT2D eigenvalue weighted by molar-refractivity contribution is 6.04. The first kappa shape index (κ1) is 18.4. The van der Waals surface area contributed by atoms with Gasteiger partial charge < -0.3 is 9.42 Å². The van der Waals surface area contributed by atoms with E-state index in [9.17, 15) is 18.0 Å². The van der Waals surface area contributed by atoms with Gasteiger partial charge in [0.05, 0.1) is 23.3 Å². The van der Waals surface area contributed by atoms with Crippen molar-refractivity contribution in [3.63, 3.8) is 0 Å². The third-order valence-electron chi connectivity index (χ3n) is 5.33. The van der Waals surface area contributed by atoms with Crippen LogP contribution in [0.1, 0.15) is 21.7 Å². The molecule has 0 bridgehead atoms. The van der Waals surface area contributed by atoms with Crippen LogP contribution in [0.3, 0.4) is 0 Å². The van der Waals surface area contributed by atoms with Gasteiger partial charge in [-0.3, -0.25) is 9.48 Å². The second kappa shape index (κ2) is 6.72. The molecule has 0 N–H and O–H groups in total. The first-order chi connectivity index (χ1) is 14.4. The van der Waals surface area contributed by atoms with Crippen LogP contribution in [-0.4, -0.2) is 32.3 Å². The van der Waals surface area contributed by atoms with Gasteiger partial charge in [0.2, 0.25) is 0 Å². The summed E-state index contributed by atoms with van der Waals surface area (Å²) in [5, 5.41) is 8.97. The van der Waals surface area contributed by atoms with Crippen molar-refractivity contribution in [2.75, 3.05) is 6.54 Å². The van der Waals surface area contributed by atoms with Crippen molar-refractivity contribution in [3.8, 4) is 11.3 Å². The van der Waals surface area contributed by atoms with Crippen LogP contribution >= 0.6 is 0 Å². The number of nitrogens with zero attached hydrogens (tertiary/aromatic N) is 4. The van der Waals surface area contributed by atoms with Gasteiger partial charge in [-0.15, -0.1) is 0 Å². The standard InChI is InChI=1S/C21H15F3N4O2/c1-27-20(11-8-14(22)18(24)15(23)9-11)12-6-7-28(10-16(12)25-27)21(29)19-13-4-2-3-5-17(13)30-26-19/h2-5,8-9H,6-7,10H2,1H3. The van der Waals surface area contributed by atoms with Crippen LogP contribution in [0.15, 0.2) is 40.9 Å². The molecule has 6 nitrogen and oxygen atoms in total. The Bertz CT molecular complexity index is 1290. The maximum Gasteiger partial charge on any atom is 0.277 e. The molecule has 0 spiro atoms. The minimum Gasteiger partial charge on any atom is -0.355 e. The summed E-state index contributed by atoms with van der Waals surface area (Å²) in [4.78, 5) is 14.6. The van der Waals surface area contributed by atoms with E-state index >= 15 is 0 Å². The van der Waals surface area contributed by atoms with Gasteiger partial charge in [0, 0.05) is 24.7 Å². The third kappa shape index (κ3) is 2.77. The number of aromatic nitrogens is 3. The Labute approximate surface area is 168 Å². The van der Waals surface area contributed by atoms with Crippen LogP contribution in [0.2, 0.25) is 0 Å². The van der Waals surface area contributed by atoms with Gasteiger partial charge in [0.25, 0.3) is 5.91 Å². The molecule has 0 radical (unpaired) electrons. The van der Waals surface area contributed by atoms with Crippen LogP contribution in [-0.2, 0) is 20.0 Å². The fourth-order valence-electron chi connectivity index (χ4n) is 3.94. The Balaban J connectivity index is 1.49.